The quantitative estimate of drug-likeness (QED) is 0.0675. The number of carbonyl (C=O) groups is 1. The molecule has 0 amide bonds. The number of fused-ring (bicyclic) bond motifs is 1. The molecule has 0 fully saturated rings. The smallest absolute Gasteiger partial charge is 0.308 e. The zero-order valence-electron chi connectivity index (χ0n) is 30.3. The van der Waals surface area contributed by atoms with Crippen molar-refractivity contribution in [3.8, 4) is 22.7 Å². The number of hydrogen-bond donors (Lipinski definition) is 0. The van der Waals surface area contributed by atoms with Gasteiger partial charge in [-0.1, -0.05) is 113 Å². The maximum absolute atomic E-state index is 14.8. The van der Waals surface area contributed by atoms with E-state index in [0.717, 1.165) is 58.6 Å². The van der Waals surface area contributed by atoms with Crippen molar-refractivity contribution in [1.82, 2.24) is 4.57 Å². The SMILES string of the molecule is COC(=O)C[C@@H](CP(=O)(C#Cc1c(-c2ccc(F)cc2)c2n(c1C(C)C)CCCC2)OC)O[Si](c1ccccc1)(c1ccccc1)C(C)(C)C. The first-order valence-electron chi connectivity index (χ1n) is 17.4. The lowest BCUT2D eigenvalue weighted by Gasteiger charge is -2.45. The first kappa shape index (κ1) is 37.5. The fraction of sp³-hybridized carbons (Fsp3) is 0.390. The minimum absolute atomic E-state index is 0.105. The van der Waals surface area contributed by atoms with Gasteiger partial charge < -0.3 is 18.3 Å². The molecule has 0 N–H and O–H groups in total. The Morgan fingerprint density at radius 1 is 0.940 bits per heavy atom. The maximum atomic E-state index is 14.8. The molecule has 1 aromatic heterocycles. The van der Waals surface area contributed by atoms with Crippen molar-refractivity contribution in [2.24, 2.45) is 0 Å². The molecule has 1 aliphatic heterocycles. The van der Waals surface area contributed by atoms with Crippen LogP contribution in [0.3, 0.4) is 0 Å². The number of hydrogen-bond acceptors (Lipinski definition) is 5. The molecular formula is C41H49FNO5PSi. The zero-order valence-corrected chi connectivity index (χ0v) is 32.2. The highest BCUT2D eigenvalue weighted by atomic mass is 31.2. The van der Waals surface area contributed by atoms with Gasteiger partial charge in [0.25, 0.3) is 15.7 Å². The van der Waals surface area contributed by atoms with Crippen LogP contribution in [0.1, 0.15) is 76.8 Å². The Morgan fingerprint density at radius 2 is 1.54 bits per heavy atom. The molecule has 1 aliphatic rings. The highest BCUT2D eigenvalue weighted by Gasteiger charge is 2.52. The van der Waals surface area contributed by atoms with E-state index >= 15 is 0 Å². The molecule has 3 aromatic carbocycles. The first-order chi connectivity index (χ1) is 23.8. The van der Waals surface area contributed by atoms with E-state index in [4.69, 9.17) is 13.7 Å². The van der Waals surface area contributed by atoms with Gasteiger partial charge in [0.15, 0.2) is 0 Å². The molecule has 50 heavy (non-hydrogen) atoms. The van der Waals surface area contributed by atoms with Crippen LogP contribution in [-0.2, 0) is 36.0 Å². The summed E-state index contributed by atoms with van der Waals surface area (Å²) in [5.74, 6) is 2.70. The Hall–Kier alpha value is -3.73. The van der Waals surface area contributed by atoms with Gasteiger partial charge in [-0.3, -0.25) is 9.36 Å². The van der Waals surface area contributed by atoms with Crippen LogP contribution in [0.15, 0.2) is 84.9 Å². The summed E-state index contributed by atoms with van der Waals surface area (Å²) in [6, 6.07) is 26.8. The van der Waals surface area contributed by atoms with Crippen molar-refractivity contribution in [3.05, 3.63) is 108 Å². The van der Waals surface area contributed by atoms with E-state index in [1.807, 2.05) is 36.4 Å². The second-order valence-corrected chi connectivity index (χ2v) is 20.9. The Bertz CT molecular complexity index is 1850. The standard InChI is InChI=1S/C41H49FNO5PSi/c1-30(2)40-36(39(31-21-23-32(42)24-22-31)37-20-14-15-26-43(37)40)25-27-49(45,47-7)29-33(28-38(44)46-6)48-50(41(3,4)5,34-16-10-8-11-17-34)35-18-12-9-13-19-35/h8-13,16-19,21-24,30,33H,14-15,20,26,28-29H2,1-7H3/t33-,49?/m0/s1. The lowest BCUT2D eigenvalue weighted by atomic mass is 9.96. The lowest BCUT2D eigenvalue weighted by molar-refractivity contribution is -0.142. The molecule has 0 saturated heterocycles. The maximum Gasteiger partial charge on any atom is 0.308 e. The number of halogens is 1. The van der Waals surface area contributed by atoms with Crippen LogP contribution in [0.5, 0.6) is 0 Å². The number of rotatable bonds is 11. The largest absolute Gasteiger partial charge is 0.469 e. The van der Waals surface area contributed by atoms with E-state index < -0.39 is 27.8 Å². The van der Waals surface area contributed by atoms with Crippen molar-refractivity contribution in [3.63, 3.8) is 0 Å². The average molecular weight is 714 g/mol. The molecule has 1 unspecified atom stereocenters. The molecule has 0 saturated carbocycles. The first-order valence-corrected chi connectivity index (χ1v) is 21.1. The molecule has 2 atom stereocenters. The number of ether oxygens (including phenoxy) is 1. The van der Waals surface area contributed by atoms with Gasteiger partial charge in [-0.05, 0) is 63.9 Å². The van der Waals surface area contributed by atoms with Gasteiger partial charge >= 0.3 is 5.97 Å². The van der Waals surface area contributed by atoms with Crippen LogP contribution in [0, 0.1) is 17.4 Å². The van der Waals surface area contributed by atoms with Crippen LogP contribution in [0.4, 0.5) is 4.39 Å². The summed E-state index contributed by atoms with van der Waals surface area (Å²) in [6.07, 6.45) is 1.94. The molecule has 0 bridgehead atoms. The fourth-order valence-electron chi connectivity index (χ4n) is 7.35. The summed E-state index contributed by atoms with van der Waals surface area (Å²) >= 11 is 0. The highest BCUT2D eigenvalue weighted by molar-refractivity contribution is 7.64. The second-order valence-electron chi connectivity index (χ2n) is 14.3. The molecular weight excluding hydrogens is 665 g/mol. The van der Waals surface area contributed by atoms with Crippen LogP contribution < -0.4 is 10.4 Å². The van der Waals surface area contributed by atoms with Gasteiger partial charge in [-0.25, -0.2) is 4.39 Å². The summed E-state index contributed by atoms with van der Waals surface area (Å²) in [5, 5.41) is 1.70. The number of methoxy groups -OCH3 is 1. The van der Waals surface area contributed by atoms with Gasteiger partial charge in [-0.2, -0.15) is 0 Å². The topological polar surface area (TPSA) is 66.8 Å². The summed E-state index contributed by atoms with van der Waals surface area (Å²) in [5.41, 5.74) is 7.96. The molecule has 2 heterocycles. The molecule has 4 aromatic rings. The predicted molar refractivity (Wildman–Crippen MR) is 202 cm³/mol. The van der Waals surface area contributed by atoms with E-state index in [-0.39, 0.29) is 29.4 Å². The van der Waals surface area contributed by atoms with Gasteiger partial charge in [0.05, 0.1) is 31.4 Å². The van der Waals surface area contributed by atoms with Gasteiger partial charge in [0, 0.05) is 30.6 Å². The highest BCUT2D eigenvalue weighted by Crippen LogP contribution is 2.49. The molecule has 6 nitrogen and oxygen atoms in total. The van der Waals surface area contributed by atoms with Crippen LogP contribution in [0.25, 0.3) is 11.1 Å². The predicted octanol–water partition coefficient (Wildman–Crippen LogP) is 8.50. The van der Waals surface area contributed by atoms with E-state index in [2.05, 4.69) is 75.0 Å². The molecule has 9 heteroatoms. The minimum atomic E-state index is -3.73. The van der Waals surface area contributed by atoms with Crippen LogP contribution in [0.2, 0.25) is 5.04 Å². The van der Waals surface area contributed by atoms with E-state index in [9.17, 15) is 13.8 Å². The normalized spacial score (nSPS) is 15.1. The monoisotopic (exact) mass is 713 g/mol. The number of carbonyl (C=O) groups excluding carboxylic acids is 1. The van der Waals surface area contributed by atoms with Crippen molar-refractivity contribution < 1.29 is 27.4 Å². The van der Waals surface area contributed by atoms with Crippen LogP contribution >= 0.6 is 7.37 Å². The molecule has 5 rings (SSSR count). The Balaban J connectivity index is 1.64. The number of aromatic nitrogens is 1. The van der Waals surface area contributed by atoms with E-state index in [1.54, 1.807) is 12.1 Å². The third-order valence-corrected chi connectivity index (χ3v) is 16.6. The second kappa shape index (κ2) is 15.7. The molecule has 0 spiro atoms. The van der Waals surface area contributed by atoms with E-state index in [1.165, 1.54) is 32.0 Å². The van der Waals surface area contributed by atoms with Crippen molar-refractivity contribution in [1.29, 1.82) is 0 Å². The summed E-state index contributed by atoms with van der Waals surface area (Å²) in [7, 11) is -4.12. The van der Waals surface area contributed by atoms with Gasteiger partial charge in [0.2, 0.25) is 0 Å². The fourth-order valence-corrected chi connectivity index (χ4v) is 13.5. The Kier molecular flexibility index (Phi) is 11.7. The van der Waals surface area contributed by atoms with Gasteiger partial charge in [-0.15, -0.1) is 0 Å². The van der Waals surface area contributed by atoms with Gasteiger partial charge in [0.1, 0.15) is 5.82 Å². The van der Waals surface area contributed by atoms with Crippen molar-refractivity contribution in [2.45, 2.75) is 83.9 Å². The lowest BCUT2D eigenvalue weighted by Crippen LogP contribution is -2.68. The Labute approximate surface area is 297 Å². The number of benzene rings is 3. The number of nitrogens with zero attached hydrogens (tertiary/aromatic N) is 1. The summed E-state index contributed by atoms with van der Waals surface area (Å²) in [4.78, 5) is 13.0. The third kappa shape index (κ3) is 7.77. The zero-order chi connectivity index (χ0) is 36.1. The van der Waals surface area contributed by atoms with E-state index in [0.29, 0.717) is 0 Å². The average Bonchev–Trinajstić information content (AvgIpc) is 3.44. The van der Waals surface area contributed by atoms with Crippen LogP contribution in [-0.4, -0.2) is 45.3 Å². The molecule has 0 radical (unpaired) electrons. The number of esters is 1. The molecule has 264 valence electrons. The van der Waals surface area contributed by atoms with Crippen molar-refractivity contribution in [2.75, 3.05) is 20.4 Å². The minimum Gasteiger partial charge on any atom is -0.469 e. The molecule has 0 aliphatic carbocycles. The Morgan fingerprint density at radius 3 is 2.06 bits per heavy atom. The summed E-state index contributed by atoms with van der Waals surface area (Å²) in [6.45, 7) is 11.6. The van der Waals surface area contributed by atoms with Crippen molar-refractivity contribution >= 4 is 32.0 Å². The summed E-state index contributed by atoms with van der Waals surface area (Å²) < 4.78 is 49.4. The third-order valence-electron chi connectivity index (χ3n) is 9.61.